The van der Waals surface area contributed by atoms with E-state index in [1.807, 2.05) is 54.2 Å². The average Bonchev–Trinajstić information content (AvgIpc) is 3.41. The van der Waals surface area contributed by atoms with E-state index in [4.69, 9.17) is 4.98 Å². The lowest BCUT2D eigenvalue weighted by molar-refractivity contribution is -0.136. The normalized spacial score (nSPS) is 21.2. The number of hydrogen-bond donors (Lipinski definition) is 1. The predicted octanol–water partition coefficient (Wildman–Crippen LogP) is 5.71. The number of aromatic nitrogens is 1. The van der Waals surface area contributed by atoms with Crippen LogP contribution in [0.2, 0.25) is 0 Å². The second-order valence-electron chi connectivity index (χ2n) is 12.9. The first-order chi connectivity index (χ1) is 20.2. The van der Waals surface area contributed by atoms with Crippen LogP contribution in [0, 0.1) is 22.7 Å². The van der Waals surface area contributed by atoms with E-state index in [1.54, 1.807) is 12.1 Å². The number of likely N-dealkylation sites (tertiary alicyclic amines) is 1. The van der Waals surface area contributed by atoms with Crippen molar-refractivity contribution in [2.45, 2.75) is 45.4 Å². The molecule has 3 aromatic rings. The highest BCUT2D eigenvalue weighted by Crippen LogP contribution is 2.48. The molecule has 7 nitrogen and oxygen atoms in total. The largest absolute Gasteiger partial charge is 0.508 e. The molecule has 1 amide bonds. The number of hydrogen-bond acceptors (Lipinski definition) is 6. The fourth-order valence-corrected chi connectivity index (χ4v) is 7.52. The minimum Gasteiger partial charge on any atom is -0.508 e. The third-order valence-corrected chi connectivity index (χ3v) is 9.80. The van der Waals surface area contributed by atoms with Crippen LogP contribution in [-0.4, -0.2) is 72.6 Å². The minimum absolute atomic E-state index is 0.0325. The standard InChI is InChI=1S/C35H41N5O2/c1-5-24-12-13-28-32(29-18-26(41)17-25-9-6-7-10-27(25)29)30(19-36)34(37-33(28)23(24)2)39-16-14-35(20-39)21-40(22-35)31(42)11-8-15-38(3)4/h6-11,17-18,23-24,41H,5,12-16,20-22H2,1-4H3/b11-8+/t23-,24-/m1/s1. The summed E-state index contributed by atoms with van der Waals surface area (Å²) in [4.78, 5) is 24.3. The number of carbonyl (C=O) groups excluding carboxylic acids is 1. The Balaban J connectivity index is 1.39. The van der Waals surface area contributed by atoms with Crippen LogP contribution >= 0.6 is 0 Å². The van der Waals surface area contributed by atoms with Crippen molar-refractivity contribution in [3.63, 3.8) is 0 Å². The van der Waals surface area contributed by atoms with Gasteiger partial charge in [-0.1, -0.05) is 50.6 Å². The zero-order valence-electron chi connectivity index (χ0n) is 25.2. The fraction of sp³-hybridized carbons (Fsp3) is 0.457. The van der Waals surface area contributed by atoms with Gasteiger partial charge in [0, 0.05) is 61.4 Å². The summed E-state index contributed by atoms with van der Waals surface area (Å²) in [5, 5.41) is 23.5. The number of benzene rings is 2. The molecule has 1 spiro atoms. The van der Waals surface area contributed by atoms with Gasteiger partial charge in [0.25, 0.3) is 0 Å². The summed E-state index contributed by atoms with van der Waals surface area (Å²) in [5.74, 6) is 1.87. The van der Waals surface area contributed by atoms with E-state index in [1.165, 1.54) is 0 Å². The summed E-state index contributed by atoms with van der Waals surface area (Å²) < 4.78 is 0. The number of rotatable bonds is 6. The number of phenols is 1. The molecular formula is C35H41N5O2. The van der Waals surface area contributed by atoms with Crippen molar-refractivity contribution in [2.75, 3.05) is 51.7 Å². The van der Waals surface area contributed by atoms with Crippen LogP contribution in [0.5, 0.6) is 5.75 Å². The predicted molar refractivity (Wildman–Crippen MR) is 168 cm³/mol. The summed E-state index contributed by atoms with van der Waals surface area (Å²) in [6, 6.07) is 14.3. The van der Waals surface area contributed by atoms with Crippen LogP contribution in [0.4, 0.5) is 5.82 Å². The van der Waals surface area contributed by atoms with Crippen LogP contribution < -0.4 is 4.90 Å². The molecule has 3 heterocycles. The van der Waals surface area contributed by atoms with Crippen molar-refractivity contribution in [1.29, 1.82) is 5.26 Å². The maximum Gasteiger partial charge on any atom is 0.246 e. The van der Waals surface area contributed by atoms with Gasteiger partial charge >= 0.3 is 0 Å². The SMILES string of the molecule is CC[C@@H]1CCc2c(nc(N3CCC4(CN(C(=O)/C=C/CN(C)C)C4)C3)c(C#N)c2-c2cc(O)cc3ccccc23)[C@@H]1C. The van der Waals surface area contributed by atoms with E-state index in [0.717, 1.165) is 97.4 Å². The van der Waals surface area contributed by atoms with Crippen molar-refractivity contribution in [3.8, 4) is 22.9 Å². The van der Waals surface area contributed by atoms with Gasteiger partial charge in [0.15, 0.2) is 0 Å². The molecule has 0 radical (unpaired) electrons. The molecule has 2 aromatic carbocycles. The van der Waals surface area contributed by atoms with E-state index < -0.39 is 0 Å². The third kappa shape index (κ3) is 4.92. The smallest absolute Gasteiger partial charge is 0.246 e. The summed E-state index contributed by atoms with van der Waals surface area (Å²) >= 11 is 0. The third-order valence-electron chi connectivity index (χ3n) is 9.80. The lowest BCUT2D eigenvalue weighted by atomic mass is 9.74. The van der Waals surface area contributed by atoms with E-state index in [9.17, 15) is 15.2 Å². The minimum atomic E-state index is 0.0325. The lowest BCUT2D eigenvalue weighted by Crippen LogP contribution is -2.59. The summed E-state index contributed by atoms with van der Waals surface area (Å²) in [5.41, 5.74) is 4.73. The topological polar surface area (TPSA) is 83.7 Å². The first-order valence-electron chi connectivity index (χ1n) is 15.3. The van der Waals surface area contributed by atoms with Gasteiger partial charge in [-0.05, 0) is 73.3 Å². The Morgan fingerprint density at radius 3 is 2.76 bits per heavy atom. The van der Waals surface area contributed by atoms with Crippen molar-refractivity contribution in [3.05, 3.63) is 65.4 Å². The van der Waals surface area contributed by atoms with Gasteiger partial charge in [-0.2, -0.15) is 5.26 Å². The number of pyridine rings is 1. The number of nitrogens with zero attached hydrogens (tertiary/aromatic N) is 5. The number of likely N-dealkylation sites (N-methyl/N-ethyl adjacent to an activating group) is 1. The summed E-state index contributed by atoms with van der Waals surface area (Å²) in [6.07, 6.45) is 7.63. The molecule has 2 aliphatic heterocycles. The molecule has 1 N–H and O–H groups in total. The Bertz CT molecular complexity index is 1600. The molecule has 2 saturated heterocycles. The number of nitriles is 1. The molecule has 7 heteroatoms. The van der Waals surface area contributed by atoms with Crippen LogP contribution in [0.15, 0.2) is 48.6 Å². The van der Waals surface area contributed by atoms with E-state index in [2.05, 4.69) is 30.9 Å². The number of carbonyl (C=O) groups is 1. The zero-order chi connectivity index (χ0) is 29.6. The van der Waals surface area contributed by atoms with Crippen molar-refractivity contribution in [1.82, 2.24) is 14.8 Å². The van der Waals surface area contributed by atoms with Crippen molar-refractivity contribution < 1.29 is 9.90 Å². The number of phenolic OH excluding ortho intramolecular Hbond substituents is 1. The Kier molecular flexibility index (Phi) is 7.44. The number of amides is 1. The second-order valence-corrected chi connectivity index (χ2v) is 12.9. The summed E-state index contributed by atoms with van der Waals surface area (Å²) in [6.45, 7) is 8.34. The zero-order valence-corrected chi connectivity index (χ0v) is 25.2. The van der Waals surface area contributed by atoms with Gasteiger partial charge in [0.2, 0.25) is 5.91 Å². The van der Waals surface area contributed by atoms with E-state index >= 15 is 0 Å². The van der Waals surface area contributed by atoms with Crippen LogP contribution in [0.1, 0.15) is 55.8 Å². The van der Waals surface area contributed by atoms with Crippen LogP contribution in [0.3, 0.4) is 0 Å². The molecule has 42 heavy (non-hydrogen) atoms. The Hall–Kier alpha value is -3.89. The summed E-state index contributed by atoms with van der Waals surface area (Å²) in [7, 11) is 3.98. The molecule has 6 rings (SSSR count). The number of anilines is 1. The molecular weight excluding hydrogens is 522 g/mol. The first kappa shape index (κ1) is 28.2. The van der Waals surface area contributed by atoms with E-state index in [0.29, 0.717) is 11.5 Å². The molecule has 2 fully saturated rings. The molecule has 0 unspecified atom stereocenters. The molecule has 3 aliphatic rings. The molecule has 2 atom stereocenters. The molecule has 1 aromatic heterocycles. The monoisotopic (exact) mass is 563 g/mol. The highest BCUT2D eigenvalue weighted by molar-refractivity contribution is 6.01. The van der Waals surface area contributed by atoms with Crippen LogP contribution in [-0.2, 0) is 11.2 Å². The Labute approximate surface area is 249 Å². The molecule has 1 aliphatic carbocycles. The lowest BCUT2D eigenvalue weighted by Gasteiger charge is -2.47. The highest BCUT2D eigenvalue weighted by Gasteiger charge is 2.49. The van der Waals surface area contributed by atoms with Gasteiger partial charge in [-0.25, -0.2) is 4.98 Å². The van der Waals surface area contributed by atoms with Crippen LogP contribution in [0.25, 0.3) is 21.9 Å². The molecule has 0 bridgehead atoms. The van der Waals surface area contributed by atoms with Crippen molar-refractivity contribution >= 4 is 22.5 Å². The average molecular weight is 564 g/mol. The maximum atomic E-state index is 12.7. The Morgan fingerprint density at radius 1 is 1.24 bits per heavy atom. The maximum absolute atomic E-state index is 12.7. The first-order valence-corrected chi connectivity index (χ1v) is 15.3. The molecule has 218 valence electrons. The van der Waals surface area contributed by atoms with Crippen molar-refractivity contribution in [2.24, 2.45) is 11.3 Å². The Morgan fingerprint density at radius 2 is 2.02 bits per heavy atom. The van der Waals surface area contributed by atoms with Gasteiger partial charge in [0.05, 0.1) is 0 Å². The number of aromatic hydroxyl groups is 1. The number of fused-ring (bicyclic) bond motifs is 2. The van der Waals surface area contributed by atoms with Gasteiger partial charge < -0.3 is 19.8 Å². The van der Waals surface area contributed by atoms with Gasteiger partial charge in [-0.15, -0.1) is 0 Å². The van der Waals surface area contributed by atoms with Gasteiger partial charge in [0.1, 0.15) is 23.2 Å². The fourth-order valence-electron chi connectivity index (χ4n) is 7.52. The van der Waals surface area contributed by atoms with Gasteiger partial charge in [-0.3, -0.25) is 4.79 Å². The second kappa shape index (κ2) is 11.1. The highest BCUT2D eigenvalue weighted by atomic mass is 16.3. The van der Waals surface area contributed by atoms with E-state index in [-0.39, 0.29) is 23.0 Å². The quantitative estimate of drug-likeness (QED) is 0.387. The molecule has 0 saturated carbocycles.